The van der Waals surface area contributed by atoms with Crippen LogP contribution in [0.4, 0.5) is 5.69 Å². The molecule has 1 aliphatic carbocycles. The predicted octanol–water partition coefficient (Wildman–Crippen LogP) is 4.40. The first-order valence-corrected chi connectivity index (χ1v) is 19.2. The van der Waals surface area contributed by atoms with Crippen molar-refractivity contribution in [3.63, 3.8) is 0 Å². The molecule has 4 aliphatic heterocycles. The summed E-state index contributed by atoms with van der Waals surface area (Å²) in [5.41, 5.74) is 2.46. The molecular formula is C43H41ClN6O6. The second-order valence-corrected chi connectivity index (χ2v) is 16.9. The maximum atomic E-state index is 13.4. The zero-order valence-electron chi connectivity index (χ0n) is 31.5. The maximum absolute atomic E-state index is 13.4. The topological polar surface area (TPSA) is 152 Å². The second-order valence-electron chi connectivity index (χ2n) is 16.5. The van der Waals surface area contributed by atoms with Crippen molar-refractivity contribution in [2.75, 3.05) is 31.1 Å². The van der Waals surface area contributed by atoms with E-state index in [9.17, 15) is 29.2 Å². The summed E-state index contributed by atoms with van der Waals surface area (Å²) in [6.07, 6.45) is 0.0118. The monoisotopic (exact) mass is 772 g/mol. The number of rotatable bonds is 7. The summed E-state index contributed by atoms with van der Waals surface area (Å²) in [4.78, 5) is 69.1. The van der Waals surface area contributed by atoms with Crippen LogP contribution in [-0.2, 0) is 9.59 Å². The van der Waals surface area contributed by atoms with E-state index in [1.807, 2.05) is 18.2 Å². The standard InChI is InChI=1S/C43H41ClN6O6/c1-42(2)40(43(3,4)41(42)56-30-13-11-27(19-45)33(44)18-30)47-36(52)26-9-7-24(8-10-26)5-6-25-20-48(21-25)29-22-49(23-29)28-12-14-31-32(17-28)39(55)50(38(31)54)34-15-16-35(51)46-37(34)53/h7-14,17-18,25,29,34,40-41H,15-16,20-23H2,1-4H3,(H,47,52)(H,46,51,53). The highest BCUT2D eigenvalue weighted by Gasteiger charge is 2.64. The Morgan fingerprint density at radius 1 is 0.911 bits per heavy atom. The fraction of sp³-hybridized carbons (Fsp3) is 0.395. The van der Waals surface area contributed by atoms with Gasteiger partial charge in [0.15, 0.2) is 0 Å². The number of likely N-dealkylation sites (tertiary alicyclic amines) is 1. The molecule has 5 aliphatic rings. The number of hydrogen-bond acceptors (Lipinski definition) is 9. The molecule has 0 aromatic heterocycles. The van der Waals surface area contributed by atoms with Gasteiger partial charge in [-0.25, -0.2) is 0 Å². The molecule has 4 fully saturated rings. The number of amides is 5. The summed E-state index contributed by atoms with van der Waals surface area (Å²) in [6, 6.07) is 18.9. The lowest BCUT2D eigenvalue weighted by molar-refractivity contribution is -0.164. The van der Waals surface area contributed by atoms with Gasteiger partial charge in [0.25, 0.3) is 17.7 Å². The Hall–Kier alpha value is -5.69. The van der Waals surface area contributed by atoms with Gasteiger partial charge in [-0.3, -0.25) is 39.1 Å². The third-order valence-corrected chi connectivity index (χ3v) is 12.4. The Balaban J connectivity index is 0.803. The fourth-order valence-electron chi connectivity index (χ4n) is 9.16. The van der Waals surface area contributed by atoms with E-state index in [1.165, 1.54) is 0 Å². The minimum Gasteiger partial charge on any atom is -0.489 e. The number of carbonyl (C=O) groups is 5. The number of hydrogen-bond donors (Lipinski definition) is 2. The van der Waals surface area contributed by atoms with Gasteiger partial charge in [0, 0.05) is 84.3 Å². The SMILES string of the molecule is CC1(C)C(NC(=O)c2ccc(C#CC3CN(C4CN(c5ccc6c(c5)C(=O)N(C5CCC(=O)NC5=O)C6=O)C4)C3)cc2)C(C)(C)C1Oc1ccc(C#N)c(Cl)c1. The molecule has 3 saturated heterocycles. The molecular weight excluding hydrogens is 732 g/mol. The minimum absolute atomic E-state index is 0.0820. The Labute approximate surface area is 330 Å². The summed E-state index contributed by atoms with van der Waals surface area (Å²) >= 11 is 6.23. The Morgan fingerprint density at radius 2 is 1.61 bits per heavy atom. The lowest BCUT2D eigenvalue weighted by Gasteiger charge is -2.63. The molecule has 5 amide bonds. The molecule has 1 saturated carbocycles. The van der Waals surface area contributed by atoms with E-state index in [1.54, 1.807) is 42.5 Å². The molecule has 3 aromatic carbocycles. The van der Waals surface area contributed by atoms with Crippen molar-refractivity contribution < 1.29 is 28.7 Å². The number of fused-ring (bicyclic) bond motifs is 1. The molecule has 3 aromatic rings. The van der Waals surface area contributed by atoms with Crippen LogP contribution < -0.4 is 20.3 Å². The van der Waals surface area contributed by atoms with Gasteiger partial charge in [-0.1, -0.05) is 51.1 Å². The number of nitrogens with one attached hydrogen (secondary N) is 2. The molecule has 1 atom stereocenters. The maximum Gasteiger partial charge on any atom is 0.262 e. The molecule has 8 rings (SSSR count). The van der Waals surface area contributed by atoms with Gasteiger partial charge >= 0.3 is 0 Å². The largest absolute Gasteiger partial charge is 0.489 e. The lowest BCUT2D eigenvalue weighted by atomic mass is 9.49. The van der Waals surface area contributed by atoms with Crippen molar-refractivity contribution in [2.24, 2.45) is 16.7 Å². The summed E-state index contributed by atoms with van der Waals surface area (Å²) < 4.78 is 6.35. The molecule has 4 heterocycles. The summed E-state index contributed by atoms with van der Waals surface area (Å²) in [5, 5.41) is 15.0. The molecule has 12 nitrogen and oxygen atoms in total. The zero-order valence-corrected chi connectivity index (χ0v) is 32.3. The van der Waals surface area contributed by atoms with E-state index < -0.39 is 29.7 Å². The van der Waals surface area contributed by atoms with Crippen LogP contribution in [0.25, 0.3) is 0 Å². The smallest absolute Gasteiger partial charge is 0.262 e. The van der Waals surface area contributed by atoms with Gasteiger partial charge in [-0.15, -0.1) is 0 Å². The van der Waals surface area contributed by atoms with Gasteiger partial charge in [-0.05, 0) is 61.0 Å². The summed E-state index contributed by atoms with van der Waals surface area (Å²) in [5.74, 6) is 5.28. The normalized spacial score (nSPS) is 24.1. The third kappa shape index (κ3) is 6.37. The van der Waals surface area contributed by atoms with Crippen molar-refractivity contribution in [1.82, 2.24) is 20.4 Å². The van der Waals surface area contributed by atoms with Crippen molar-refractivity contribution in [3.05, 3.63) is 93.5 Å². The van der Waals surface area contributed by atoms with E-state index in [4.69, 9.17) is 16.3 Å². The molecule has 0 bridgehead atoms. The van der Waals surface area contributed by atoms with Crippen molar-refractivity contribution >= 4 is 46.8 Å². The Kier molecular flexibility index (Phi) is 9.18. The average Bonchev–Trinajstić information content (AvgIpc) is 3.37. The van der Waals surface area contributed by atoms with Crippen LogP contribution in [0.15, 0.2) is 60.7 Å². The highest BCUT2D eigenvalue weighted by molar-refractivity contribution is 6.31. The predicted molar refractivity (Wildman–Crippen MR) is 207 cm³/mol. The summed E-state index contributed by atoms with van der Waals surface area (Å²) in [6.45, 7) is 11.6. The number of nitrogens with zero attached hydrogens (tertiary/aromatic N) is 4. The number of imide groups is 2. The first kappa shape index (κ1) is 37.2. The van der Waals surface area contributed by atoms with E-state index in [2.05, 4.69) is 66.0 Å². The lowest BCUT2D eigenvalue weighted by Crippen LogP contribution is -2.74. The first-order valence-electron chi connectivity index (χ1n) is 18.8. The van der Waals surface area contributed by atoms with Crippen LogP contribution in [-0.4, -0.2) is 89.7 Å². The van der Waals surface area contributed by atoms with Crippen molar-refractivity contribution in [1.29, 1.82) is 5.26 Å². The van der Waals surface area contributed by atoms with E-state index in [0.717, 1.165) is 42.3 Å². The van der Waals surface area contributed by atoms with Gasteiger partial charge in [0.1, 0.15) is 24.0 Å². The highest BCUT2D eigenvalue weighted by atomic mass is 35.5. The number of ether oxygens (including phenoxy) is 1. The Morgan fingerprint density at radius 3 is 2.27 bits per heavy atom. The van der Waals surface area contributed by atoms with Gasteiger partial charge in [0.2, 0.25) is 11.8 Å². The third-order valence-electron chi connectivity index (χ3n) is 12.1. The number of benzene rings is 3. The fourth-order valence-corrected chi connectivity index (χ4v) is 9.37. The van der Waals surface area contributed by atoms with E-state index in [0.29, 0.717) is 27.9 Å². The molecule has 286 valence electrons. The van der Waals surface area contributed by atoms with Gasteiger partial charge in [-0.2, -0.15) is 5.26 Å². The number of piperidine rings is 1. The van der Waals surface area contributed by atoms with Crippen LogP contribution in [0.3, 0.4) is 0 Å². The number of halogens is 1. The molecule has 0 spiro atoms. The number of nitriles is 1. The molecule has 2 N–H and O–H groups in total. The number of carbonyl (C=O) groups excluding carboxylic acids is 5. The Bertz CT molecular complexity index is 2280. The van der Waals surface area contributed by atoms with Crippen LogP contribution in [0.2, 0.25) is 5.02 Å². The van der Waals surface area contributed by atoms with E-state index in [-0.39, 0.29) is 58.8 Å². The first-order chi connectivity index (χ1) is 26.6. The van der Waals surface area contributed by atoms with Gasteiger partial charge < -0.3 is 15.0 Å². The average molecular weight is 773 g/mol. The van der Waals surface area contributed by atoms with Crippen molar-refractivity contribution in [2.45, 2.75) is 64.8 Å². The summed E-state index contributed by atoms with van der Waals surface area (Å²) in [7, 11) is 0. The minimum atomic E-state index is -0.983. The highest BCUT2D eigenvalue weighted by Crippen LogP contribution is 2.55. The molecule has 1 unspecified atom stereocenters. The van der Waals surface area contributed by atoms with Crippen LogP contribution in [0.1, 0.15) is 82.7 Å². The van der Waals surface area contributed by atoms with Crippen molar-refractivity contribution in [3.8, 4) is 23.7 Å². The molecule has 13 heteroatoms. The quantitative estimate of drug-likeness (QED) is 0.263. The number of anilines is 1. The van der Waals surface area contributed by atoms with Gasteiger partial charge in [0.05, 0.1) is 21.7 Å². The van der Waals surface area contributed by atoms with Crippen LogP contribution in [0, 0.1) is 39.9 Å². The second kappa shape index (κ2) is 13.8. The molecule has 0 radical (unpaired) electrons. The van der Waals surface area contributed by atoms with E-state index >= 15 is 0 Å². The zero-order chi connectivity index (χ0) is 39.7. The molecule has 56 heavy (non-hydrogen) atoms. The van der Waals surface area contributed by atoms with Crippen LogP contribution in [0.5, 0.6) is 5.75 Å². The van der Waals surface area contributed by atoms with Crippen LogP contribution >= 0.6 is 11.6 Å².